The predicted molar refractivity (Wildman–Crippen MR) is 113 cm³/mol. The van der Waals surface area contributed by atoms with E-state index >= 15 is 0 Å². The number of rotatable bonds is 9. The van der Waals surface area contributed by atoms with E-state index in [1.165, 1.54) is 0 Å². The zero-order valence-electron chi connectivity index (χ0n) is 17.4. The number of carbonyl (C=O) groups is 2. The van der Waals surface area contributed by atoms with Crippen molar-refractivity contribution >= 4 is 24.2 Å². The molecular formula is C21H32ClNO7. The maximum Gasteiger partial charge on any atom is 0.120 e. The van der Waals surface area contributed by atoms with Gasteiger partial charge in [-0.3, -0.25) is 0 Å². The normalized spacial score (nSPS) is 17.6. The molecule has 2 aliphatic heterocycles. The van der Waals surface area contributed by atoms with Crippen LogP contribution in [0.1, 0.15) is 32.6 Å². The lowest BCUT2D eigenvalue weighted by Gasteiger charge is -2.24. The van der Waals surface area contributed by atoms with Crippen molar-refractivity contribution in [3.8, 4) is 5.75 Å². The zero-order valence-corrected chi connectivity index (χ0v) is 18.1. The number of aliphatic hydroxyl groups is 2. The fraction of sp³-hybridized carbons (Fsp3) is 0.619. The summed E-state index contributed by atoms with van der Waals surface area (Å²) in [5, 5.41) is 18.1. The molecule has 170 valence electrons. The lowest BCUT2D eigenvalue weighted by Crippen LogP contribution is -2.42. The van der Waals surface area contributed by atoms with E-state index < -0.39 is 6.10 Å². The van der Waals surface area contributed by atoms with Gasteiger partial charge >= 0.3 is 0 Å². The summed E-state index contributed by atoms with van der Waals surface area (Å²) in [5.41, 5.74) is 0.236. The summed E-state index contributed by atoms with van der Waals surface area (Å²) in [4.78, 5) is 21.4. The Bertz CT molecular complexity index is 582. The van der Waals surface area contributed by atoms with Crippen LogP contribution in [0.15, 0.2) is 24.3 Å². The summed E-state index contributed by atoms with van der Waals surface area (Å²) < 4.78 is 15.8. The van der Waals surface area contributed by atoms with E-state index in [9.17, 15) is 9.59 Å². The van der Waals surface area contributed by atoms with E-state index in [2.05, 4.69) is 11.8 Å². The maximum absolute atomic E-state index is 9.56. The molecule has 0 aliphatic carbocycles. The van der Waals surface area contributed by atoms with Gasteiger partial charge in [0.05, 0.1) is 25.4 Å². The first-order valence-corrected chi connectivity index (χ1v) is 10.3. The van der Waals surface area contributed by atoms with E-state index in [4.69, 9.17) is 36.0 Å². The minimum atomic E-state index is -0.837. The smallest absolute Gasteiger partial charge is 0.120 e. The first-order chi connectivity index (χ1) is 14.5. The lowest BCUT2D eigenvalue weighted by atomic mass is 9.99. The largest absolute Gasteiger partial charge is 0.491 e. The molecule has 0 aromatic heterocycles. The fourth-order valence-electron chi connectivity index (χ4n) is 2.72. The number of aliphatic hydroxyl groups excluding tert-OH is 2. The lowest BCUT2D eigenvalue weighted by molar-refractivity contribution is -0.108. The quantitative estimate of drug-likeness (QED) is 0.439. The third-order valence-electron chi connectivity index (χ3n) is 4.68. The Balaban J connectivity index is 0.000000236. The standard InChI is InChI=1S/C9H11ClO3.C7H13NO2.C5H8O2/c10-7-1-3-9(4-2-7)13-6-8(12)5-11;1-2-7-3-9-5-8(7)6-10-4-7;6-4-2-1-3-5-7/h1-4,8,11-12H,5-6H2;2-6H2,1H3;4-5H,1-3H2. The number of hydrogen-bond acceptors (Lipinski definition) is 8. The average molecular weight is 446 g/mol. The molecule has 2 heterocycles. The van der Waals surface area contributed by atoms with Crippen molar-refractivity contribution in [1.29, 1.82) is 0 Å². The molecule has 2 aliphatic rings. The van der Waals surface area contributed by atoms with Crippen molar-refractivity contribution in [2.75, 3.05) is 39.9 Å². The number of benzene rings is 1. The molecule has 3 rings (SSSR count). The Morgan fingerprint density at radius 3 is 2.17 bits per heavy atom. The van der Waals surface area contributed by atoms with E-state index in [1.54, 1.807) is 24.3 Å². The molecule has 1 aromatic carbocycles. The summed E-state index contributed by atoms with van der Waals surface area (Å²) in [6.45, 7) is 5.19. The highest BCUT2D eigenvalue weighted by molar-refractivity contribution is 6.30. The van der Waals surface area contributed by atoms with Gasteiger partial charge in [-0.15, -0.1) is 0 Å². The molecule has 2 saturated heterocycles. The summed E-state index contributed by atoms with van der Waals surface area (Å²) in [6.07, 6.45) is 3.67. The molecule has 1 unspecified atom stereocenters. The number of ether oxygens (including phenoxy) is 3. The topological polar surface area (TPSA) is 106 Å². The number of aldehydes is 2. The maximum atomic E-state index is 9.56. The van der Waals surface area contributed by atoms with Gasteiger partial charge in [0.2, 0.25) is 0 Å². The van der Waals surface area contributed by atoms with Crippen LogP contribution in [0, 0.1) is 0 Å². The van der Waals surface area contributed by atoms with E-state index in [-0.39, 0.29) is 18.8 Å². The van der Waals surface area contributed by atoms with Crippen LogP contribution >= 0.6 is 11.6 Å². The summed E-state index contributed by atoms with van der Waals surface area (Å²) >= 11 is 5.66. The molecule has 0 bridgehead atoms. The zero-order chi connectivity index (χ0) is 22.2. The van der Waals surface area contributed by atoms with E-state index in [0.29, 0.717) is 30.0 Å². The van der Waals surface area contributed by atoms with Crippen molar-refractivity contribution in [3.63, 3.8) is 0 Å². The molecule has 9 heteroatoms. The molecule has 1 atom stereocenters. The molecule has 0 saturated carbocycles. The van der Waals surface area contributed by atoms with Crippen LogP contribution in [-0.4, -0.2) is 79.2 Å². The van der Waals surface area contributed by atoms with Crippen LogP contribution < -0.4 is 4.74 Å². The molecule has 8 nitrogen and oxygen atoms in total. The van der Waals surface area contributed by atoms with Crippen LogP contribution in [0.25, 0.3) is 0 Å². The second-order valence-corrected chi connectivity index (χ2v) is 7.37. The monoisotopic (exact) mass is 445 g/mol. The van der Waals surface area contributed by atoms with E-state index in [1.807, 2.05) is 0 Å². The summed E-state index contributed by atoms with van der Waals surface area (Å²) in [6, 6.07) is 6.79. The van der Waals surface area contributed by atoms with Crippen molar-refractivity contribution in [2.45, 2.75) is 44.2 Å². The van der Waals surface area contributed by atoms with Crippen LogP contribution in [0.3, 0.4) is 0 Å². The Labute approximate surface area is 182 Å². The number of unbranched alkanes of at least 4 members (excludes halogenated alkanes) is 2. The van der Waals surface area contributed by atoms with Gasteiger partial charge in [0, 0.05) is 17.9 Å². The van der Waals surface area contributed by atoms with Crippen molar-refractivity contribution < 1.29 is 34.0 Å². The number of carbonyl (C=O) groups excluding carboxylic acids is 2. The third kappa shape index (κ3) is 9.51. The minimum Gasteiger partial charge on any atom is -0.491 e. The van der Waals surface area contributed by atoms with E-state index in [0.717, 1.165) is 45.7 Å². The number of nitrogens with zero attached hydrogens (tertiary/aromatic N) is 1. The highest BCUT2D eigenvalue weighted by Crippen LogP contribution is 2.30. The van der Waals surface area contributed by atoms with Gasteiger partial charge in [-0.05, 0) is 37.1 Å². The molecule has 2 N–H and O–H groups in total. The van der Waals surface area contributed by atoms with Crippen molar-refractivity contribution in [3.05, 3.63) is 29.3 Å². The van der Waals surface area contributed by atoms with Crippen LogP contribution in [0.4, 0.5) is 0 Å². The second-order valence-electron chi connectivity index (χ2n) is 6.94. The first kappa shape index (κ1) is 26.5. The highest BCUT2D eigenvalue weighted by atomic mass is 35.5. The van der Waals surface area contributed by atoms with Crippen LogP contribution in [-0.2, 0) is 19.1 Å². The number of halogens is 1. The Morgan fingerprint density at radius 2 is 1.73 bits per heavy atom. The third-order valence-corrected chi connectivity index (χ3v) is 4.93. The molecule has 0 spiro atoms. The van der Waals surface area contributed by atoms with Gasteiger partial charge in [-0.1, -0.05) is 18.5 Å². The second kappa shape index (κ2) is 15.3. The molecule has 30 heavy (non-hydrogen) atoms. The molecule has 2 fully saturated rings. The predicted octanol–water partition coefficient (Wildman–Crippen LogP) is 2.04. The minimum absolute atomic E-state index is 0.0815. The van der Waals surface area contributed by atoms with Gasteiger partial charge in [-0.25, -0.2) is 4.90 Å². The molecule has 1 aromatic rings. The molecule has 0 amide bonds. The van der Waals surface area contributed by atoms with Crippen molar-refractivity contribution in [1.82, 2.24) is 4.90 Å². The van der Waals surface area contributed by atoms with Crippen molar-refractivity contribution in [2.24, 2.45) is 0 Å². The van der Waals surface area contributed by atoms with Gasteiger partial charge in [0.1, 0.15) is 44.5 Å². The fourth-order valence-corrected chi connectivity index (χ4v) is 2.84. The van der Waals surface area contributed by atoms with Crippen LogP contribution in [0.5, 0.6) is 5.75 Å². The number of hydrogen-bond donors (Lipinski definition) is 2. The van der Waals surface area contributed by atoms with Gasteiger partial charge in [0.25, 0.3) is 0 Å². The highest BCUT2D eigenvalue weighted by Gasteiger charge is 2.44. The summed E-state index contributed by atoms with van der Waals surface area (Å²) in [7, 11) is 0. The van der Waals surface area contributed by atoms with Gasteiger partial charge < -0.3 is 34.0 Å². The summed E-state index contributed by atoms with van der Waals surface area (Å²) in [5.74, 6) is 0.622. The first-order valence-electron chi connectivity index (χ1n) is 9.96. The molecule has 0 radical (unpaired) electrons. The van der Waals surface area contributed by atoms with Gasteiger partial charge in [0.15, 0.2) is 0 Å². The Hall–Kier alpha value is -1.55. The molecular weight excluding hydrogens is 414 g/mol. The van der Waals surface area contributed by atoms with Crippen LogP contribution in [0.2, 0.25) is 5.02 Å². The Kier molecular flexibility index (Phi) is 13.5. The average Bonchev–Trinajstić information content (AvgIpc) is 3.35. The SMILES string of the molecule is CCC12COCN1COC2.O=CCCCC=O.OCC(O)COc1ccc(Cl)cc1. The Morgan fingerprint density at radius 1 is 1.17 bits per heavy atom. The number of fused-ring (bicyclic) bond motifs is 1. The van der Waals surface area contributed by atoms with Gasteiger partial charge in [-0.2, -0.15) is 0 Å².